The van der Waals surface area contributed by atoms with Crippen molar-refractivity contribution in [1.29, 1.82) is 0 Å². The highest BCUT2D eigenvalue weighted by atomic mass is 32.2. The number of hydrogen-bond donors (Lipinski definition) is 3. The molecule has 1 aromatic rings. The molecule has 0 aromatic carbocycles. The molecule has 1 fully saturated rings. The smallest absolute Gasteiger partial charge is 0.244 e. The maximum atomic E-state index is 12.4. The van der Waals surface area contributed by atoms with Crippen LogP contribution in [0.3, 0.4) is 0 Å². The number of H-pyrrole nitrogens is 1. The van der Waals surface area contributed by atoms with Crippen molar-refractivity contribution < 1.29 is 13.5 Å². The first-order chi connectivity index (χ1) is 9.40. The minimum atomic E-state index is -3.58. The molecule has 0 aliphatic heterocycles. The summed E-state index contributed by atoms with van der Waals surface area (Å²) in [4.78, 5) is 0.224. The van der Waals surface area contributed by atoms with Gasteiger partial charge in [-0.15, -0.1) is 0 Å². The lowest BCUT2D eigenvalue weighted by Crippen LogP contribution is -2.41. The fourth-order valence-electron chi connectivity index (χ4n) is 2.95. The summed E-state index contributed by atoms with van der Waals surface area (Å²) in [7, 11) is -3.58. The van der Waals surface area contributed by atoms with Gasteiger partial charge in [0.05, 0.1) is 11.4 Å². The molecule has 1 aliphatic rings. The summed E-state index contributed by atoms with van der Waals surface area (Å²) in [5.41, 5.74) is 0.699. The van der Waals surface area contributed by atoms with E-state index in [1.165, 1.54) is 0 Å². The van der Waals surface area contributed by atoms with Crippen LogP contribution in [0.25, 0.3) is 0 Å². The molecule has 6 nitrogen and oxygen atoms in total. The Bertz CT molecular complexity index is 540. The number of nitrogens with one attached hydrogen (secondary N) is 2. The third kappa shape index (κ3) is 3.05. The molecule has 0 atom stereocenters. The van der Waals surface area contributed by atoms with Crippen LogP contribution in [0.4, 0.5) is 0 Å². The van der Waals surface area contributed by atoms with E-state index >= 15 is 0 Å². The minimum Gasteiger partial charge on any atom is -0.396 e. The van der Waals surface area contributed by atoms with Gasteiger partial charge in [0, 0.05) is 18.6 Å². The molecule has 1 heterocycles. The maximum absolute atomic E-state index is 12.4. The van der Waals surface area contributed by atoms with E-state index in [2.05, 4.69) is 14.9 Å². The van der Waals surface area contributed by atoms with Crippen molar-refractivity contribution in [2.75, 3.05) is 13.2 Å². The number of rotatable bonds is 5. The standard InChI is InChI=1S/C13H23N3O3S/c1-10-12(11(2)16-15-10)20(18,19)14-8-13(9-17)6-4-3-5-7-13/h14,17H,3-9H2,1-2H3,(H,15,16). The van der Waals surface area contributed by atoms with Gasteiger partial charge in [0.25, 0.3) is 0 Å². The molecule has 0 bridgehead atoms. The fourth-order valence-corrected chi connectivity index (χ4v) is 4.47. The van der Waals surface area contributed by atoms with Crippen LogP contribution in [0.5, 0.6) is 0 Å². The average Bonchev–Trinajstić information content (AvgIpc) is 2.78. The van der Waals surface area contributed by atoms with Gasteiger partial charge in [-0.05, 0) is 26.7 Å². The minimum absolute atomic E-state index is 0.0267. The lowest BCUT2D eigenvalue weighted by Gasteiger charge is -2.35. The van der Waals surface area contributed by atoms with Crippen LogP contribution in [0, 0.1) is 19.3 Å². The predicted molar refractivity (Wildman–Crippen MR) is 75.9 cm³/mol. The Labute approximate surface area is 120 Å². The normalized spacial score (nSPS) is 19.1. The molecule has 7 heteroatoms. The molecule has 20 heavy (non-hydrogen) atoms. The van der Waals surface area contributed by atoms with Crippen molar-refractivity contribution in [1.82, 2.24) is 14.9 Å². The Morgan fingerprint density at radius 1 is 1.30 bits per heavy atom. The van der Waals surface area contributed by atoms with Crippen LogP contribution in [0.1, 0.15) is 43.5 Å². The molecule has 114 valence electrons. The molecule has 0 saturated heterocycles. The summed E-state index contributed by atoms with van der Waals surface area (Å²) in [6.45, 7) is 3.67. The van der Waals surface area contributed by atoms with Gasteiger partial charge in [-0.1, -0.05) is 19.3 Å². The Morgan fingerprint density at radius 3 is 2.45 bits per heavy atom. The number of sulfonamides is 1. The van der Waals surface area contributed by atoms with Crippen molar-refractivity contribution in [2.24, 2.45) is 5.41 Å². The van der Waals surface area contributed by atoms with Crippen molar-refractivity contribution in [2.45, 2.75) is 50.8 Å². The molecular weight excluding hydrogens is 278 g/mol. The van der Waals surface area contributed by atoms with E-state index in [1.807, 2.05) is 0 Å². The summed E-state index contributed by atoms with van der Waals surface area (Å²) >= 11 is 0. The first-order valence-corrected chi connectivity index (χ1v) is 8.51. The molecular formula is C13H23N3O3S. The second-order valence-corrected chi connectivity index (χ2v) is 7.51. The lowest BCUT2D eigenvalue weighted by molar-refractivity contribution is 0.0867. The van der Waals surface area contributed by atoms with Crippen molar-refractivity contribution in [3.63, 3.8) is 0 Å². The first-order valence-electron chi connectivity index (χ1n) is 7.02. The average molecular weight is 301 g/mol. The van der Waals surface area contributed by atoms with E-state index in [0.717, 1.165) is 32.1 Å². The van der Waals surface area contributed by atoms with Gasteiger partial charge >= 0.3 is 0 Å². The third-order valence-corrected chi connectivity index (χ3v) is 5.88. The SMILES string of the molecule is Cc1n[nH]c(C)c1S(=O)(=O)NCC1(CO)CCCCC1. The number of aromatic amines is 1. The lowest BCUT2D eigenvalue weighted by atomic mass is 9.75. The second kappa shape index (κ2) is 5.83. The van der Waals surface area contributed by atoms with E-state index in [0.29, 0.717) is 11.4 Å². The largest absolute Gasteiger partial charge is 0.396 e. The highest BCUT2D eigenvalue weighted by Crippen LogP contribution is 2.35. The summed E-state index contributed by atoms with van der Waals surface area (Å²) in [5.74, 6) is 0. The Morgan fingerprint density at radius 2 is 1.95 bits per heavy atom. The van der Waals surface area contributed by atoms with Crippen LogP contribution in [-0.2, 0) is 10.0 Å². The van der Waals surface area contributed by atoms with Crippen LogP contribution >= 0.6 is 0 Å². The van der Waals surface area contributed by atoms with Gasteiger partial charge in [-0.25, -0.2) is 13.1 Å². The predicted octanol–water partition coefficient (Wildman–Crippen LogP) is 1.25. The number of aliphatic hydroxyl groups excluding tert-OH is 1. The van der Waals surface area contributed by atoms with Crippen molar-refractivity contribution >= 4 is 10.0 Å². The fraction of sp³-hybridized carbons (Fsp3) is 0.769. The summed E-state index contributed by atoms with van der Waals surface area (Å²) in [6, 6.07) is 0. The Kier molecular flexibility index (Phi) is 4.51. The van der Waals surface area contributed by atoms with Crippen LogP contribution in [0.2, 0.25) is 0 Å². The molecule has 2 rings (SSSR count). The first kappa shape index (κ1) is 15.5. The van der Waals surface area contributed by atoms with Gasteiger partial charge in [-0.2, -0.15) is 5.10 Å². The zero-order chi connectivity index (χ0) is 14.8. The van der Waals surface area contributed by atoms with Gasteiger partial charge in [0.15, 0.2) is 0 Å². The highest BCUT2D eigenvalue weighted by Gasteiger charge is 2.33. The molecule has 1 saturated carbocycles. The van der Waals surface area contributed by atoms with Crippen LogP contribution < -0.4 is 4.72 Å². The van der Waals surface area contributed by atoms with Crippen molar-refractivity contribution in [3.8, 4) is 0 Å². The molecule has 0 radical (unpaired) electrons. The number of aryl methyl sites for hydroxylation is 2. The number of nitrogens with zero attached hydrogens (tertiary/aromatic N) is 1. The topological polar surface area (TPSA) is 95.1 Å². The number of aliphatic hydroxyl groups is 1. The van der Waals surface area contributed by atoms with Crippen LogP contribution in [-0.4, -0.2) is 36.9 Å². The van der Waals surface area contributed by atoms with E-state index < -0.39 is 10.0 Å². The number of hydrogen-bond acceptors (Lipinski definition) is 4. The van der Waals surface area contributed by atoms with E-state index in [9.17, 15) is 13.5 Å². The van der Waals surface area contributed by atoms with Gasteiger partial charge in [-0.3, -0.25) is 5.10 Å². The van der Waals surface area contributed by atoms with Gasteiger partial charge in [0.1, 0.15) is 4.90 Å². The Balaban J connectivity index is 2.13. The molecule has 1 aliphatic carbocycles. The van der Waals surface area contributed by atoms with Gasteiger partial charge < -0.3 is 5.11 Å². The highest BCUT2D eigenvalue weighted by molar-refractivity contribution is 7.89. The zero-order valence-electron chi connectivity index (χ0n) is 12.1. The number of aromatic nitrogens is 2. The van der Waals surface area contributed by atoms with Crippen LogP contribution in [0.15, 0.2) is 4.90 Å². The molecule has 0 unspecified atom stereocenters. The van der Waals surface area contributed by atoms with E-state index in [-0.39, 0.29) is 23.5 Å². The van der Waals surface area contributed by atoms with Crippen molar-refractivity contribution in [3.05, 3.63) is 11.4 Å². The summed E-state index contributed by atoms with van der Waals surface area (Å²) in [6.07, 6.45) is 5.00. The third-order valence-electron chi connectivity index (χ3n) is 4.22. The van der Waals surface area contributed by atoms with E-state index in [1.54, 1.807) is 13.8 Å². The van der Waals surface area contributed by atoms with Gasteiger partial charge in [0.2, 0.25) is 10.0 Å². The molecule has 1 aromatic heterocycles. The van der Waals surface area contributed by atoms with E-state index in [4.69, 9.17) is 0 Å². The molecule has 0 amide bonds. The summed E-state index contributed by atoms with van der Waals surface area (Å²) < 4.78 is 27.4. The zero-order valence-corrected chi connectivity index (χ0v) is 12.9. The Hall–Kier alpha value is -0.920. The second-order valence-electron chi connectivity index (χ2n) is 5.81. The maximum Gasteiger partial charge on any atom is 0.244 e. The molecule has 0 spiro atoms. The molecule has 3 N–H and O–H groups in total. The monoisotopic (exact) mass is 301 g/mol. The summed E-state index contributed by atoms with van der Waals surface area (Å²) in [5, 5.41) is 16.2. The quantitative estimate of drug-likeness (QED) is 0.762.